The molecule has 0 aromatic rings. The molecule has 0 rings (SSSR count). The van der Waals surface area contributed by atoms with Crippen molar-refractivity contribution in [1.29, 1.82) is 0 Å². The van der Waals surface area contributed by atoms with Gasteiger partial charge in [-0.1, -0.05) is 0 Å². The molecule has 5 nitrogen and oxygen atoms in total. The predicted molar refractivity (Wildman–Crippen MR) is 40.1 cm³/mol. The standard InChI is InChI=1S/C6H14N2O3/c7-6(10)11-5-1-2-8-3-4-9/h8-9H,1-5H2,(H2,7,10). The van der Waals surface area contributed by atoms with Crippen molar-refractivity contribution in [3.63, 3.8) is 0 Å². The van der Waals surface area contributed by atoms with Crippen LogP contribution >= 0.6 is 0 Å². The van der Waals surface area contributed by atoms with Crippen molar-refractivity contribution in [3.8, 4) is 0 Å². The van der Waals surface area contributed by atoms with Crippen molar-refractivity contribution in [2.24, 2.45) is 5.73 Å². The van der Waals surface area contributed by atoms with Gasteiger partial charge < -0.3 is 20.9 Å². The molecule has 0 bridgehead atoms. The fourth-order valence-corrected chi connectivity index (χ4v) is 0.574. The summed E-state index contributed by atoms with van der Waals surface area (Å²) in [6.45, 7) is 1.73. The lowest BCUT2D eigenvalue weighted by atomic mass is 10.4. The predicted octanol–water partition coefficient (Wildman–Crippen LogP) is -0.946. The van der Waals surface area contributed by atoms with E-state index in [1.807, 2.05) is 0 Å². The highest BCUT2D eigenvalue weighted by Gasteiger charge is 1.91. The Bertz CT molecular complexity index is 108. The summed E-state index contributed by atoms with van der Waals surface area (Å²) in [6.07, 6.45) is -0.0321. The summed E-state index contributed by atoms with van der Waals surface area (Å²) < 4.78 is 4.46. The number of hydrogen-bond acceptors (Lipinski definition) is 4. The minimum absolute atomic E-state index is 0.122. The summed E-state index contributed by atoms with van der Waals surface area (Å²) >= 11 is 0. The Kier molecular flexibility index (Phi) is 6.76. The SMILES string of the molecule is NC(=O)OCCCNCCO. The van der Waals surface area contributed by atoms with Crippen LogP contribution in [-0.2, 0) is 4.74 Å². The third-order valence-electron chi connectivity index (χ3n) is 1.03. The van der Waals surface area contributed by atoms with Crippen LogP contribution in [0.5, 0.6) is 0 Å². The van der Waals surface area contributed by atoms with E-state index < -0.39 is 6.09 Å². The third-order valence-corrected chi connectivity index (χ3v) is 1.03. The van der Waals surface area contributed by atoms with Gasteiger partial charge in [0.05, 0.1) is 13.2 Å². The van der Waals surface area contributed by atoms with Crippen LogP contribution in [0.4, 0.5) is 4.79 Å². The molecule has 0 saturated heterocycles. The van der Waals surface area contributed by atoms with Crippen molar-refractivity contribution in [2.75, 3.05) is 26.3 Å². The molecule has 0 aliphatic rings. The highest BCUT2D eigenvalue weighted by atomic mass is 16.5. The number of carbonyl (C=O) groups excluding carboxylic acids is 1. The second-order valence-electron chi connectivity index (χ2n) is 1.99. The number of rotatable bonds is 6. The molecule has 66 valence electrons. The molecule has 5 heteroatoms. The van der Waals surface area contributed by atoms with Crippen molar-refractivity contribution in [1.82, 2.24) is 5.32 Å². The first-order valence-electron chi connectivity index (χ1n) is 3.51. The van der Waals surface area contributed by atoms with Gasteiger partial charge in [-0.05, 0) is 13.0 Å². The second kappa shape index (κ2) is 7.30. The molecule has 0 aliphatic carbocycles. The first kappa shape index (κ1) is 10.2. The molecule has 0 radical (unpaired) electrons. The van der Waals surface area contributed by atoms with Crippen molar-refractivity contribution < 1.29 is 14.6 Å². The number of carbonyl (C=O) groups is 1. The Morgan fingerprint density at radius 2 is 2.27 bits per heavy atom. The maximum absolute atomic E-state index is 10.0. The van der Waals surface area contributed by atoms with Crippen LogP contribution in [0.25, 0.3) is 0 Å². The van der Waals surface area contributed by atoms with Gasteiger partial charge >= 0.3 is 6.09 Å². The van der Waals surface area contributed by atoms with Crippen LogP contribution in [0.2, 0.25) is 0 Å². The highest BCUT2D eigenvalue weighted by Crippen LogP contribution is 1.79. The zero-order chi connectivity index (χ0) is 8.53. The maximum atomic E-state index is 10.0. The fraction of sp³-hybridized carbons (Fsp3) is 0.833. The van der Waals surface area contributed by atoms with Crippen LogP contribution in [0.15, 0.2) is 0 Å². The van der Waals surface area contributed by atoms with Crippen molar-refractivity contribution in [3.05, 3.63) is 0 Å². The molecule has 0 aromatic carbocycles. The molecule has 11 heavy (non-hydrogen) atoms. The van der Waals surface area contributed by atoms with Gasteiger partial charge in [-0.25, -0.2) is 4.79 Å². The van der Waals surface area contributed by atoms with Gasteiger partial charge in [0.1, 0.15) is 0 Å². The summed E-state index contributed by atoms with van der Waals surface area (Å²) in [5.41, 5.74) is 4.71. The second-order valence-corrected chi connectivity index (χ2v) is 1.99. The lowest BCUT2D eigenvalue weighted by Gasteiger charge is -2.01. The van der Waals surface area contributed by atoms with E-state index >= 15 is 0 Å². The Labute approximate surface area is 65.5 Å². The van der Waals surface area contributed by atoms with Gasteiger partial charge in [0.2, 0.25) is 0 Å². The molecule has 4 N–H and O–H groups in total. The smallest absolute Gasteiger partial charge is 0.404 e. The average Bonchev–Trinajstić information content (AvgIpc) is 1.96. The third kappa shape index (κ3) is 9.19. The topological polar surface area (TPSA) is 84.6 Å². The quantitative estimate of drug-likeness (QED) is 0.440. The largest absolute Gasteiger partial charge is 0.450 e. The van der Waals surface area contributed by atoms with E-state index in [-0.39, 0.29) is 6.61 Å². The Morgan fingerprint density at radius 3 is 2.82 bits per heavy atom. The van der Waals surface area contributed by atoms with E-state index in [2.05, 4.69) is 10.1 Å². The zero-order valence-electron chi connectivity index (χ0n) is 6.38. The maximum Gasteiger partial charge on any atom is 0.404 e. The molecule has 0 aromatic heterocycles. The van der Waals surface area contributed by atoms with E-state index in [0.717, 1.165) is 0 Å². The molecule has 0 fully saturated rings. The van der Waals surface area contributed by atoms with E-state index in [4.69, 9.17) is 10.8 Å². The number of primary amides is 1. The molecule has 0 unspecified atom stereocenters. The summed E-state index contributed by atoms with van der Waals surface area (Å²) in [7, 11) is 0. The van der Waals surface area contributed by atoms with Gasteiger partial charge in [0.15, 0.2) is 0 Å². The molecule has 1 amide bonds. The highest BCUT2D eigenvalue weighted by molar-refractivity contribution is 5.64. The molecular formula is C6H14N2O3. The minimum atomic E-state index is -0.743. The van der Waals surface area contributed by atoms with Crippen LogP contribution in [0.3, 0.4) is 0 Å². The average molecular weight is 162 g/mol. The van der Waals surface area contributed by atoms with Gasteiger partial charge in [-0.2, -0.15) is 0 Å². The van der Waals surface area contributed by atoms with Crippen molar-refractivity contribution in [2.45, 2.75) is 6.42 Å². The normalized spacial score (nSPS) is 9.55. The fourth-order valence-electron chi connectivity index (χ4n) is 0.574. The number of nitrogens with one attached hydrogen (secondary N) is 1. The molecule has 0 atom stereocenters. The number of ether oxygens (including phenoxy) is 1. The Morgan fingerprint density at radius 1 is 1.55 bits per heavy atom. The van der Waals surface area contributed by atoms with Crippen LogP contribution in [0.1, 0.15) is 6.42 Å². The van der Waals surface area contributed by atoms with Crippen LogP contribution in [0, 0.1) is 0 Å². The number of nitrogens with two attached hydrogens (primary N) is 1. The Hall–Kier alpha value is -0.810. The van der Waals surface area contributed by atoms with E-state index in [9.17, 15) is 4.79 Å². The Balaban J connectivity index is 2.85. The molecule has 0 saturated carbocycles. The molecular weight excluding hydrogens is 148 g/mol. The van der Waals surface area contributed by atoms with Gasteiger partial charge in [-0.3, -0.25) is 0 Å². The number of hydrogen-bond donors (Lipinski definition) is 3. The first-order valence-corrected chi connectivity index (χ1v) is 3.51. The van der Waals surface area contributed by atoms with Gasteiger partial charge in [0.25, 0.3) is 0 Å². The van der Waals surface area contributed by atoms with E-state index in [1.165, 1.54) is 0 Å². The van der Waals surface area contributed by atoms with E-state index in [1.54, 1.807) is 0 Å². The van der Waals surface area contributed by atoms with Crippen molar-refractivity contribution >= 4 is 6.09 Å². The summed E-state index contributed by atoms with van der Waals surface area (Å²) in [6, 6.07) is 0. The minimum Gasteiger partial charge on any atom is -0.450 e. The summed E-state index contributed by atoms with van der Waals surface area (Å²) in [4.78, 5) is 10.0. The first-order chi connectivity index (χ1) is 5.27. The molecule has 0 spiro atoms. The van der Waals surface area contributed by atoms with E-state index in [0.29, 0.717) is 26.1 Å². The molecule has 0 heterocycles. The van der Waals surface area contributed by atoms with Crippen LogP contribution < -0.4 is 11.1 Å². The van der Waals surface area contributed by atoms with Gasteiger partial charge in [-0.15, -0.1) is 0 Å². The summed E-state index contributed by atoms with van der Waals surface area (Å²) in [5.74, 6) is 0. The summed E-state index contributed by atoms with van der Waals surface area (Å²) in [5, 5.41) is 11.3. The lowest BCUT2D eigenvalue weighted by molar-refractivity contribution is 0.155. The van der Waals surface area contributed by atoms with Gasteiger partial charge in [0, 0.05) is 6.54 Å². The molecule has 0 aliphatic heterocycles. The number of aliphatic hydroxyl groups is 1. The monoisotopic (exact) mass is 162 g/mol. The van der Waals surface area contributed by atoms with Crippen LogP contribution in [-0.4, -0.2) is 37.5 Å². The zero-order valence-corrected chi connectivity index (χ0v) is 6.38. The lowest BCUT2D eigenvalue weighted by Crippen LogP contribution is -2.22. The number of amides is 1. The number of aliphatic hydroxyl groups excluding tert-OH is 1.